The van der Waals surface area contributed by atoms with Crippen molar-refractivity contribution in [2.75, 3.05) is 6.61 Å². The van der Waals surface area contributed by atoms with Crippen molar-refractivity contribution in [3.63, 3.8) is 0 Å². The van der Waals surface area contributed by atoms with Gasteiger partial charge in [0, 0.05) is 5.92 Å². The number of nitrogens with one attached hydrogen (secondary N) is 1. The zero-order valence-corrected chi connectivity index (χ0v) is 16.2. The second-order valence-corrected chi connectivity index (χ2v) is 6.90. The third-order valence-corrected chi connectivity index (χ3v) is 4.48. The molecule has 2 aromatic carbocycles. The summed E-state index contributed by atoms with van der Waals surface area (Å²) in [7, 11) is 0. The van der Waals surface area contributed by atoms with Crippen LogP contribution in [0.3, 0.4) is 0 Å². The Labute approximate surface area is 161 Å². The number of nitrogens with zero attached hydrogens (tertiary/aromatic N) is 1. The molecular formula is C20H21BrN2O3. The van der Waals surface area contributed by atoms with E-state index < -0.39 is 0 Å². The summed E-state index contributed by atoms with van der Waals surface area (Å²) in [4.78, 5) is 11.6. The summed E-state index contributed by atoms with van der Waals surface area (Å²) in [6, 6.07) is 13.7. The molecule has 5 nitrogen and oxygen atoms in total. The standard InChI is InChI=1S/C20H21BrN2O3/c1-2-25-18-11-15(12-22-23-20(24)16-8-9-16)10-17(21)19(18)26-13-14-6-4-3-5-7-14/h3-7,10-12,16H,2,8-9,13H2,1H3,(H,23,24)/b22-12-. The van der Waals surface area contributed by atoms with Gasteiger partial charge in [-0.2, -0.15) is 5.10 Å². The molecule has 0 saturated heterocycles. The summed E-state index contributed by atoms with van der Waals surface area (Å²) in [6.07, 6.45) is 3.51. The number of amides is 1. The Morgan fingerprint density at radius 3 is 2.73 bits per heavy atom. The molecule has 2 aromatic rings. The highest BCUT2D eigenvalue weighted by atomic mass is 79.9. The average Bonchev–Trinajstić information content (AvgIpc) is 3.47. The Morgan fingerprint density at radius 2 is 2.04 bits per heavy atom. The predicted molar refractivity (Wildman–Crippen MR) is 105 cm³/mol. The Morgan fingerprint density at radius 1 is 1.27 bits per heavy atom. The van der Waals surface area contributed by atoms with Gasteiger partial charge in [-0.15, -0.1) is 0 Å². The number of carbonyl (C=O) groups is 1. The van der Waals surface area contributed by atoms with Crippen LogP contribution in [0.5, 0.6) is 11.5 Å². The average molecular weight is 417 g/mol. The molecule has 0 heterocycles. The van der Waals surface area contributed by atoms with E-state index in [9.17, 15) is 4.79 Å². The lowest BCUT2D eigenvalue weighted by atomic mass is 10.2. The van der Waals surface area contributed by atoms with Crippen LogP contribution in [0.4, 0.5) is 0 Å². The topological polar surface area (TPSA) is 59.9 Å². The van der Waals surface area contributed by atoms with Gasteiger partial charge in [-0.25, -0.2) is 5.43 Å². The molecule has 1 N–H and O–H groups in total. The van der Waals surface area contributed by atoms with E-state index >= 15 is 0 Å². The lowest BCUT2D eigenvalue weighted by Gasteiger charge is -2.14. The second-order valence-electron chi connectivity index (χ2n) is 6.05. The smallest absolute Gasteiger partial charge is 0.243 e. The van der Waals surface area contributed by atoms with Crippen LogP contribution < -0.4 is 14.9 Å². The number of carbonyl (C=O) groups excluding carboxylic acids is 1. The lowest BCUT2D eigenvalue weighted by Crippen LogP contribution is -2.18. The van der Waals surface area contributed by atoms with Crippen LogP contribution in [0.2, 0.25) is 0 Å². The van der Waals surface area contributed by atoms with Crippen LogP contribution in [-0.4, -0.2) is 18.7 Å². The van der Waals surface area contributed by atoms with Gasteiger partial charge in [0.15, 0.2) is 11.5 Å². The van der Waals surface area contributed by atoms with Crippen molar-refractivity contribution in [2.45, 2.75) is 26.4 Å². The first-order valence-corrected chi connectivity index (χ1v) is 9.42. The van der Waals surface area contributed by atoms with Crippen LogP contribution >= 0.6 is 15.9 Å². The van der Waals surface area contributed by atoms with E-state index in [1.54, 1.807) is 6.21 Å². The fourth-order valence-corrected chi connectivity index (χ4v) is 2.98. The molecule has 1 saturated carbocycles. The van der Waals surface area contributed by atoms with Crippen molar-refractivity contribution >= 4 is 28.1 Å². The highest BCUT2D eigenvalue weighted by molar-refractivity contribution is 9.10. The molecule has 1 amide bonds. The zero-order chi connectivity index (χ0) is 18.4. The molecule has 136 valence electrons. The summed E-state index contributed by atoms with van der Waals surface area (Å²) in [5, 5.41) is 4.03. The monoisotopic (exact) mass is 416 g/mol. The highest BCUT2D eigenvalue weighted by Gasteiger charge is 2.29. The van der Waals surface area contributed by atoms with Gasteiger partial charge in [0.25, 0.3) is 0 Å². The quantitative estimate of drug-likeness (QED) is 0.515. The van der Waals surface area contributed by atoms with Crippen molar-refractivity contribution in [1.82, 2.24) is 5.43 Å². The molecule has 0 atom stereocenters. The van der Waals surface area contributed by atoms with Gasteiger partial charge < -0.3 is 9.47 Å². The number of hydrogen-bond acceptors (Lipinski definition) is 4. The van der Waals surface area contributed by atoms with Crippen LogP contribution in [0.25, 0.3) is 0 Å². The fourth-order valence-electron chi connectivity index (χ4n) is 2.40. The van der Waals surface area contributed by atoms with Crippen molar-refractivity contribution in [3.05, 3.63) is 58.1 Å². The molecule has 0 bridgehead atoms. The predicted octanol–water partition coefficient (Wildman–Crippen LogP) is 4.29. The Bertz CT molecular complexity index is 789. The van der Waals surface area contributed by atoms with Crippen LogP contribution in [0, 0.1) is 5.92 Å². The maximum atomic E-state index is 11.6. The Kier molecular flexibility index (Phi) is 6.28. The van der Waals surface area contributed by atoms with Crippen LogP contribution in [0.15, 0.2) is 52.0 Å². The van der Waals surface area contributed by atoms with Gasteiger partial charge >= 0.3 is 0 Å². The Hall–Kier alpha value is -2.34. The first-order chi connectivity index (χ1) is 12.7. The minimum absolute atomic E-state index is 0.0202. The lowest BCUT2D eigenvalue weighted by molar-refractivity contribution is -0.122. The minimum atomic E-state index is -0.0202. The van der Waals surface area contributed by atoms with E-state index in [2.05, 4.69) is 26.5 Å². The van der Waals surface area contributed by atoms with Gasteiger partial charge in [0.2, 0.25) is 5.91 Å². The fraction of sp³-hybridized carbons (Fsp3) is 0.300. The molecule has 0 aromatic heterocycles. The summed E-state index contributed by atoms with van der Waals surface area (Å²) in [6.45, 7) is 2.89. The number of ether oxygens (including phenoxy) is 2. The number of hydrogen-bond donors (Lipinski definition) is 1. The SMILES string of the molecule is CCOc1cc(/C=N\NC(=O)C2CC2)cc(Br)c1OCc1ccccc1. The molecule has 1 fully saturated rings. The summed E-state index contributed by atoms with van der Waals surface area (Å²) < 4.78 is 12.4. The molecule has 0 radical (unpaired) electrons. The molecule has 0 aliphatic heterocycles. The van der Waals surface area contributed by atoms with Crippen molar-refractivity contribution < 1.29 is 14.3 Å². The van der Waals surface area contributed by atoms with E-state index in [0.717, 1.165) is 28.4 Å². The molecule has 3 rings (SSSR count). The van der Waals surface area contributed by atoms with Gasteiger partial charge in [0.1, 0.15) is 6.61 Å². The van der Waals surface area contributed by atoms with Crippen LogP contribution in [0.1, 0.15) is 30.9 Å². The molecule has 6 heteroatoms. The summed E-state index contributed by atoms with van der Waals surface area (Å²) >= 11 is 3.54. The number of halogens is 1. The van der Waals surface area contributed by atoms with Crippen molar-refractivity contribution in [3.8, 4) is 11.5 Å². The zero-order valence-electron chi connectivity index (χ0n) is 14.6. The van der Waals surface area contributed by atoms with Gasteiger partial charge in [-0.3, -0.25) is 4.79 Å². The number of benzene rings is 2. The number of hydrazone groups is 1. The molecular weight excluding hydrogens is 396 g/mol. The van der Waals surface area contributed by atoms with E-state index in [-0.39, 0.29) is 11.8 Å². The second kappa shape index (κ2) is 8.85. The van der Waals surface area contributed by atoms with Crippen LogP contribution in [-0.2, 0) is 11.4 Å². The van der Waals surface area contributed by atoms with E-state index in [1.807, 2.05) is 49.4 Å². The van der Waals surface area contributed by atoms with Gasteiger partial charge in [-0.1, -0.05) is 30.3 Å². The van der Waals surface area contributed by atoms with E-state index in [4.69, 9.17) is 9.47 Å². The molecule has 0 spiro atoms. The molecule has 1 aliphatic rings. The normalized spacial score (nSPS) is 13.6. The van der Waals surface area contributed by atoms with Crippen molar-refractivity contribution in [2.24, 2.45) is 11.0 Å². The third-order valence-electron chi connectivity index (χ3n) is 3.89. The maximum Gasteiger partial charge on any atom is 0.243 e. The Balaban J connectivity index is 1.72. The van der Waals surface area contributed by atoms with Gasteiger partial charge in [0.05, 0.1) is 17.3 Å². The minimum Gasteiger partial charge on any atom is -0.490 e. The maximum absolute atomic E-state index is 11.6. The molecule has 1 aliphatic carbocycles. The summed E-state index contributed by atoms with van der Waals surface area (Å²) in [5.41, 5.74) is 4.46. The van der Waals surface area contributed by atoms with E-state index in [0.29, 0.717) is 24.7 Å². The first kappa shape index (κ1) is 18.5. The molecule has 0 unspecified atom stereocenters. The first-order valence-electron chi connectivity index (χ1n) is 8.63. The van der Waals surface area contributed by atoms with E-state index in [1.165, 1.54) is 0 Å². The highest BCUT2D eigenvalue weighted by Crippen LogP contribution is 2.37. The summed E-state index contributed by atoms with van der Waals surface area (Å²) in [5.74, 6) is 1.39. The largest absolute Gasteiger partial charge is 0.490 e. The number of rotatable bonds is 8. The van der Waals surface area contributed by atoms with Crippen molar-refractivity contribution in [1.29, 1.82) is 0 Å². The molecule has 26 heavy (non-hydrogen) atoms. The van der Waals surface area contributed by atoms with Gasteiger partial charge in [-0.05, 0) is 59.0 Å². The third kappa shape index (κ3) is 5.08.